The third-order valence-corrected chi connectivity index (χ3v) is 2.19. The van der Waals surface area contributed by atoms with E-state index in [0.717, 1.165) is 15.8 Å². The minimum Gasteiger partial charge on any atom is -0.288 e. The van der Waals surface area contributed by atoms with Crippen molar-refractivity contribution in [3.63, 3.8) is 0 Å². The molecule has 4 heteroatoms. The first kappa shape index (κ1) is 7.76. The second-order valence-electron chi connectivity index (χ2n) is 2.53. The second kappa shape index (κ2) is 2.88. The number of hydrogen-bond donors (Lipinski definition) is 1. The zero-order chi connectivity index (χ0) is 8.55. The van der Waals surface area contributed by atoms with Gasteiger partial charge in [-0.05, 0) is 18.2 Å². The van der Waals surface area contributed by atoms with E-state index in [1.807, 2.05) is 18.2 Å². The van der Waals surface area contributed by atoms with Gasteiger partial charge in [-0.1, -0.05) is 15.9 Å². The maximum absolute atomic E-state index is 9.41. The van der Waals surface area contributed by atoms with Crippen LogP contribution in [-0.2, 0) is 0 Å². The molecule has 12 heavy (non-hydrogen) atoms. The van der Waals surface area contributed by atoms with Crippen molar-refractivity contribution in [2.45, 2.75) is 0 Å². The van der Waals surface area contributed by atoms with Crippen LogP contribution in [0.3, 0.4) is 0 Å². The number of aliphatic imine (C=N–C) groups is 1. The van der Waals surface area contributed by atoms with Crippen molar-refractivity contribution < 1.29 is 5.21 Å². The lowest BCUT2D eigenvalue weighted by molar-refractivity contribution is 0.270. The Morgan fingerprint density at radius 3 is 3.17 bits per heavy atom. The average molecular weight is 227 g/mol. The summed E-state index contributed by atoms with van der Waals surface area (Å²) >= 11 is 3.33. The number of rotatable bonds is 0. The minimum atomic E-state index is 0.448. The van der Waals surface area contributed by atoms with Crippen molar-refractivity contribution in [3.05, 3.63) is 22.7 Å². The molecule has 1 aliphatic heterocycles. The predicted molar refractivity (Wildman–Crippen MR) is 51.4 cm³/mol. The molecule has 62 valence electrons. The monoisotopic (exact) mass is 226 g/mol. The number of hydrogen-bond acceptors (Lipinski definition) is 3. The lowest BCUT2D eigenvalue weighted by Gasteiger charge is -2.20. The van der Waals surface area contributed by atoms with Crippen molar-refractivity contribution in [3.8, 4) is 0 Å². The molecule has 0 saturated carbocycles. The molecule has 1 aliphatic rings. The van der Waals surface area contributed by atoms with E-state index in [-0.39, 0.29) is 0 Å². The van der Waals surface area contributed by atoms with Gasteiger partial charge in [-0.25, -0.2) is 5.06 Å². The van der Waals surface area contributed by atoms with E-state index in [1.165, 1.54) is 5.06 Å². The topological polar surface area (TPSA) is 35.8 Å². The van der Waals surface area contributed by atoms with Crippen molar-refractivity contribution in [1.29, 1.82) is 0 Å². The molecule has 0 unspecified atom stereocenters. The smallest absolute Gasteiger partial charge is 0.0906 e. The van der Waals surface area contributed by atoms with Crippen LogP contribution in [0.5, 0.6) is 0 Å². The van der Waals surface area contributed by atoms with Gasteiger partial charge >= 0.3 is 0 Å². The summed E-state index contributed by atoms with van der Waals surface area (Å²) in [6, 6.07) is 5.60. The van der Waals surface area contributed by atoms with E-state index < -0.39 is 0 Å². The average Bonchev–Trinajstić information content (AvgIpc) is 2.07. The van der Waals surface area contributed by atoms with Crippen LogP contribution in [-0.4, -0.2) is 18.0 Å². The quantitative estimate of drug-likeness (QED) is 0.738. The van der Waals surface area contributed by atoms with Crippen molar-refractivity contribution >= 4 is 33.5 Å². The summed E-state index contributed by atoms with van der Waals surface area (Å²) < 4.78 is 0.942. The van der Waals surface area contributed by atoms with Crippen molar-refractivity contribution in [2.24, 2.45) is 4.99 Å². The van der Waals surface area contributed by atoms with Gasteiger partial charge in [-0.3, -0.25) is 10.2 Å². The van der Waals surface area contributed by atoms with E-state index in [4.69, 9.17) is 0 Å². The molecule has 1 aromatic carbocycles. The van der Waals surface area contributed by atoms with Crippen LogP contribution in [0.2, 0.25) is 0 Å². The highest BCUT2D eigenvalue weighted by atomic mass is 79.9. The van der Waals surface area contributed by atoms with Gasteiger partial charge in [-0.15, -0.1) is 0 Å². The highest BCUT2D eigenvalue weighted by molar-refractivity contribution is 9.10. The molecule has 3 nitrogen and oxygen atoms in total. The van der Waals surface area contributed by atoms with Gasteiger partial charge < -0.3 is 0 Å². The molecule has 2 rings (SSSR count). The number of benzene rings is 1. The Kier molecular flexibility index (Phi) is 1.86. The summed E-state index contributed by atoms with van der Waals surface area (Å²) in [4.78, 5) is 4.14. The lowest BCUT2D eigenvalue weighted by atomic mass is 10.2. The molecule has 1 N–H and O–H groups in total. The fourth-order valence-corrected chi connectivity index (χ4v) is 1.48. The van der Waals surface area contributed by atoms with Crippen LogP contribution in [0.4, 0.5) is 11.4 Å². The van der Waals surface area contributed by atoms with E-state index in [1.54, 1.807) is 6.21 Å². The minimum absolute atomic E-state index is 0.448. The van der Waals surface area contributed by atoms with Gasteiger partial charge in [0.15, 0.2) is 0 Å². The first-order valence-corrected chi connectivity index (χ1v) is 4.35. The molecule has 0 amide bonds. The van der Waals surface area contributed by atoms with Gasteiger partial charge in [0.2, 0.25) is 0 Å². The van der Waals surface area contributed by atoms with Crippen LogP contribution in [0, 0.1) is 0 Å². The first-order valence-electron chi connectivity index (χ1n) is 3.56. The number of halogens is 1. The Labute approximate surface area is 78.4 Å². The lowest BCUT2D eigenvalue weighted by Crippen LogP contribution is -2.22. The van der Waals surface area contributed by atoms with Gasteiger partial charge in [-0.2, -0.15) is 0 Å². The number of anilines is 1. The van der Waals surface area contributed by atoms with Crippen molar-refractivity contribution in [1.82, 2.24) is 0 Å². The van der Waals surface area contributed by atoms with Crippen LogP contribution >= 0.6 is 15.9 Å². The first-order chi connectivity index (χ1) is 5.77. The van der Waals surface area contributed by atoms with Crippen LogP contribution in [0.15, 0.2) is 27.7 Å². The molecule has 0 fully saturated rings. The summed E-state index contributed by atoms with van der Waals surface area (Å²) in [6.07, 6.45) is 1.68. The van der Waals surface area contributed by atoms with E-state index in [9.17, 15) is 5.21 Å². The molecule has 0 aliphatic carbocycles. The number of nitrogens with zero attached hydrogens (tertiary/aromatic N) is 2. The summed E-state index contributed by atoms with van der Waals surface area (Å²) in [5.41, 5.74) is 1.54. The largest absolute Gasteiger partial charge is 0.288 e. The molecular weight excluding hydrogens is 220 g/mol. The maximum atomic E-state index is 9.41. The third kappa shape index (κ3) is 1.23. The predicted octanol–water partition coefficient (Wildman–Crippen LogP) is 2.36. The van der Waals surface area contributed by atoms with E-state index >= 15 is 0 Å². The molecule has 0 spiro atoms. The summed E-state index contributed by atoms with van der Waals surface area (Å²) in [6.45, 7) is 0.448. The summed E-state index contributed by atoms with van der Waals surface area (Å²) in [5.74, 6) is 0. The SMILES string of the molecule is ON1CC=Nc2ccc(Br)cc21. The van der Waals surface area contributed by atoms with Crippen molar-refractivity contribution in [2.75, 3.05) is 11.6 Å². The molecule has 0 atom stereocenters. The Bertz CT molecular complexity index is 338. The number of fused-ring (bicyclic) bond motifs is 1. The zero-order valence-corrected chi connectivity index (χ0v) is 7.82. The molecular formula is C8H7BrN2O. The van der Waals surface area contributed by atoms with Gasteiger partial charge in [0.05, 0.1) is 17.9 Å². The molecule has 0 aromatic heterocycles. The highest BCUT2D eigenvalue weighted by Gasteiger charge is 2.11. The van der Waals surface area contributed by atoms with E-state index in [2.05, 4.69) is 20.9 Å². The number of hydroxylamine groups is 1. The Morgan fingerprint density at radius 2 is 2.33 bits per heavy atom. The fourth-order valence-electron chi connectivity index (χ4n) is 1.13. The standard InChI is InChI=1S/C8H7BrN2O/c9-6-1-2-7-8(5-6)11(12)4-3-10-7/h1-3,5,12H,4H2. The Balaban J connectivity index is 2.56. The molecule has 0 saturated heterocycles. The molecule has 0 radical (unpaired) electrons. The highest BCUT2D eigenvalue weighted by Crippen LogP contribution is 2.32. The zero-order valence-electron chi connectivity index (χ0n) is 6.24. The summed E-state index contributed by atoms with van der Waals surface area (Å²) in [5, 5.41) is 10.6. The van der Waals surface area contributed by atoms with E-state index in [0.29, 0.717) is 6.54 Å². The molecule has 1 heterocycles. The molecule has 1 aromatic rings. The van der Waals surface area contributed by atoms with Crippen LogP contribution in [0.25, 0.3) is 0 Å². The fraction of sp³-hybridized carbons (Fsp3) is 0.125. The van der Waals surface area contributed by atoms with Crippen LogP contribution < -0.4 is 5.06 Å². The summed E-state index contributed by atoms with van der Waals surface area (Å²) in [7, 11) is 0. The second-order valence-corrected chi connectivity index (χ2v) is 3.44. The Hall–Kier alpha value is -0.870. The molecule has 0 bridgehead atoms. The van der Waals surface area contributed by atoms with Crippen LogP contribution in [0.1, 0.15) is 0 Å². The van der Waals surface area contributed by atoms with Gasteiger partial charge in [0, 0.05) is 10.7 Å². The maximum Gasteiger partial charge on any atom is 0.0906 e. The third-order valence-electron chi connectivity index (χ3n) is 1.70. The van der Waals surface area contributed by atoms with Gasteiger partial charge in [0.1, 0.15) is 0 Å². The Morgan fingerprint density at radius 1 is 1.50 bits per heavy atom. The van der Waals surface area contributed by atoms with Gasteiger partial charge in [0.25, 0.3) is 0 Å². The normalized spacial score (nSPS) is 14.7.